The number of rotatable bonds is 14. The maximum atomic E-state index is 12.4. The predicted molar refractivity (Wildman–Crippen MR) is 100 cm³/mol. The summed E-state index contributed by atoms with van der Waals surface area (Å²) >= 11 is 0. The number of hydrogen-bond acceptors (Lipinski definition) is 8. The lowest BCUT2D eigenvalue weighted by molar-refractivity contribution is -0.147. The molecule has 0 bridgehead atoms. The fourth-order valence-corrected chi connectivity index (χ4v) is 2.17. The van der Waals surface area contributed by atoms with Crippen molar-refractivity contribution >= 4 is 41.5 Å². The maximum absolute atomic E-state index is 12.4. The molecule has 0 saturated carbocycles. The normalized spacial score (nSPS) is 14.3. The van der Waals surface area contributed by atoms with Gasteiger partial charge in [0.05, 0.1) is 18.9 Å². The van der Waals surface area contributed by atoms with Crippen LogP contribution in [0.1, 0.15) is 32.6 Å². The number of carbonyl (C=O) groups excluding carboxylic acids is 4. The van der Waals surface area contributed by atoms with Crippen LogP contribution in [0.3, 0.4) is 0 Å². The van der Waals surface area contributed by atoms with E-state index < -0.39 is 78.5 Å². The number of carboxylic acids is 3. The Morgan fingerprint density at radius 3 is 1.74 bits per heavy atom. The number of carboxylic acid groups (broad SMARTS) is 3. The van der Waals surface area contributed by atoms with Gasteiger partial charge in [-0.3, -0.25) is 28.8 Å². The molecular weight excluding hydrogens is 422 g/mol. The van der Waals surface area contributed by atoms with E-state index in [2.05, 4.69) is 10.6 Å². The summed E-state index contributed by atoms with van der Waals surface area (Å²) in [7, 11) is 0. The van der Waals surface area contributed by atoms with E-state index in [-0.39, 0.29) is 12.8 Å². The van der Waals surface area contributed by atoms with Gasteiger partial charge in [0.15, 0.2) is 0 Å². The first-order valence-electron chi connectivity index (χ1n) is 8.86. The topological polar surface area (TPSA) is 268 Å². The van der Waals surface area contributed by atoms with Crippen LogP contribution in [-0.2, 0) is 33.6 Å². The van der Waals surface area contributed by atoms with Gasteiger partial charge in [-0.2, -0.15) is 0 Å². The summed E-state index contributed by atoms with van der Waals surface area (Å²) in [4.78, 5) is 79.9. The van der Waals surface area contributed by atoms with E-state index >= 15 is 0 Å². The molecule has 15 nitrogen and oxygen atoms in total. The Kier molecular flexibility index (Phi) is 11.2. The summed E-state index contributed by atoms with van der Waals surface area (Å²) in [6.45, 7) is 1.20. The third-order valence-corrected chi connectivity index (χ3v) is 3.79. The van der Waals surface area contributed by atoms with Crippen molar-refractivity contribution in [1.82, 2.24) is 16.0 Å². The summed E-state index contributed by atoms with van der Waals surface area (Å²) in [5.74, 6) is -8.28. The summed E-state index contributed by atoms with van der Waals surface area (Å²) in [6, 6.07) is -6.01. The highest BCUT2D eigenvalue weighted by Crippen LogP contribution is 2.02. The molecule has 4 unspecified atom stereocenters. The second kappa shape index (κ2) is 12.7. The molecule has 0 aliphatic carbocycles. The Bertz CT molecular complexity index is 740. The van der Waals surface area contributed by atoms with Gasteiger partial charge in [0, 0.05) is 6.42 Å². The van der Waals surface area contributed by atoms with Crippen molar-refractivity contribution in [1.29, 1.82) is 0 Å². The lowest BCUT2D eigenvalue weighted by Crippen LogP contribution is -2.56. The van der Waals surface area contributed by atoms with Gasteiger partial charge in [-0.05, 0) is 13.3 Å². The maximum Gasteiger partial charge on any atom is 0.326 e. The molecule has 4 amide bonds. The average molecular weight is 447 g/mol. The summed E-state index contributed by atoms with van der Waals surface area (Å²) < 4.78 is 0. The van der Waals surface area contributed by atoms with Crippen LogP contribution in [0.4, 0.5) is 0 Å². The SMILES string of the molecule is CC(NC(=O)C(N)CC(=O)O)C(=O)NC(CCC(N)=O)C(=O)NC(CC(=O)O)C(=O)O. The Hall–Kier alpha value is -3.75. The number of nitrogens with two attached hydrogens (primary N) is 2. The number of aliphatic carboxylic acids is 3. The van der Waals surface area contributed by atoms with Gasteiger partial charge in [0.2, 0.25) is 23.6 Å². The minimum absolute atomic E-state index is 0.342. The van der Waals surface area contributed by atoms with E-state index in [4.69, 9.17) is 26.8 Å². The van der Waals surface area contributed by atoms with Gasteiger partial charge in [-0.1, -0.05) is 0 Å². The Labute approximate surface area is 175 Å². The molecule has 4 atom stereocenters. The van der Waals surface area contributed by atoms with Gasteiger partial charge in [0.25, 0.3) is 0 Å². The zero-order chi connectivity index (χ0) is 24.3. The molecule has 0 aromatic heterocycles. The zero-order valence-electron chi connectivity index (χ0n) is 16.5. The van der Waals surface area contributed by atoms with Gasteiger partial charge < -0.3 is 42.7 Å². The van der Waals surface area contributed by atoms with Gasteiger partial charge in [-0.25, -0.2) is 4.79 Å². The van der Waals surface area contributed by atoms with Crippen molar-refractivity contribution < 1.29 is 48.9 Å². The molecule has 0 fully saturated rings. The first-order chi connectivity index (χ1) is 14.2. The van der Waals surface area contributed by atoms with Gasteiger partial charge in [-0.15, -0.1) is 0 Å². The number of primary amides is 1. The Morgan fingerprint density at radius 1 is 0.774 bits per heavy atom. The van der Waals surface area contributed by atoms with E-state index in [0.29, 0.717) is 0 Å². The first kappa shape index (κ1) is 27.2. The van der Waals surface area contributed by atoms with Gasteiger partial charge in [0.1, 0.15) is 18.1 Å². The molecule has 15 heteroatoms. The van der Waals surface area contributed by atoms with Crippen LogP contribution in [0.15, 0.2) is 0 Å². The summed E-state index contributed by atoms with van der Waals surface area (Å²) in [6.07, 6.45) is -2.35. The molecule has 0 aromatic rings. The number of hydrogen-bond donors (Lipinski definition) is 8. The highest BCUT2D eigenvalue weighted by molar-refractivity contribution is 5.95. The smallest absolute Gasteiger partial charge is 0.326 e. The van der Waals surface area contributed by atoms with Crippen LogP contribution in [0.5, 0.6) is 0 Å². The standard InChI is InChI=1S/C16H25N5O10/c1-6(19-14(28)7(17)4-11(23)24)13(27)20-8(2-3-10(18)22)15(29)21-9(16(30)31)5-12(25)26/h6-9H,2-5,17H2,1H3,(H2,18,22)(H,19,28)(H,20,27)(H,21,29)(H,23,24)(H,25,26)(H,30,31). The number of nitrogens with one attached hydrogen (secondary N) is 3. The monoisotopic (exact) mass is 447 g/mol. The van der Waals surface area contributed by atoms with E-state index in [1.807, 2.05) is 5.32 Å². The summed E-state index contributed by atoms with van der Waals surface area (Å²) in [5.41, 5.74) is 10.4. The van der Waals surface area contributed by atoms with Crippen molar-refractivity contribution in [2.75, 3.05) is 0 Å². The van der Waals surface area contributed by atoms with E-state index in [1.165, 1.54) is 6.92 Å². The lowest BCUT2D eigenvalue weighted by atomic mass is 10.1. The minimum Gasteiger partial charge on any atom is -0.481 e. The van der Waals surface area contributed by atoms with Crippen LogP contribution in [0.25, 0.3) is 0 Å². The van der Waals surface area contributed by atoms with Crippen LogP contribution in [0, 0.1) is 0 Å². The van der Waals surface area contributed by atoms with E-state index in [9.17, 15) is 33.6 Å². The highest BCUT2D eigenvalue weighted by atomic mass is 16.4. The van der Waals surface area contributed by atoms with Crippen molar-refractivity contribution in [2.45, 2.75) is 56.8 Å². The molecule has 0 spiro atoms. The third-order valence-electron chi connectivity index (χ3n) is 3.79. The first-order valence-corrected chi connectivity index (χ1v) is 8.86. The number of amides is 4. The molecule has 0 rings (SSSR count). The molecular formula is C16H25N5O10. The largest absolute Gasteiger partial charge is 0.481 e. The minimum atomic E-state index is -1.80. The van der Waals surface area contributed by atoms with Gasteiger partial charge >= 0.3 is 17.9 Å². The molecule has 0 radical (unpaired) electrons. The van der Waals surface area contributed by atoms with Crippen molar-refractivity contribution in [3.63, 3.8) is 0 Å². The average Bonchev–Trinajstić information content (AvgIpc) is 2.62. The van der Waals surface area contributed by atoms with Crippen LogP contribution in [-0.4, -0.2) is 81.0 Å². The van der Waals surface area contributed by atoms with Crippen LogP contribution in [0.2, 0.25) is 0 Å². The van der Waals surface area contributed by atoms with E-state index in [1.54, 1.807) is 0 Å². The molecule has 0 aromatic carbocycles. The Morgan fingerprint density at radius 2 is 1.29 bits per heavy atom. The highest BCUT2D eigenvalue weighted by Gasteiger charge is 2.30. The summed E-state index contributed by atoms with van der Waals surface area (Å²) in [5, 5.41) is 32.6. The molecule has 0 aliphatic rings. The van der Waals surface area contributed by atoms with E-state index in [0.717, 1.165) is 0 Å². The third kappa shape index (κ3) is 11.1. The fourth-order valence-electron chi connectivity index (χ4n) is 2.17. The Balaban J connectivity index is 5.21. The lowest BCUT2D eigenvalue weighted by Gasteiger charge is -2.23. The fraction of sp³-hybridized carbons (Fsp3) is 0.562. The van der Waals surface area contributed by atoms with Crippen LogP contribution < -0.4 is 27.4 Å². The van der Waals surface area contributed by atoms with Crippen molar-refractivity contribution in [3.8, 4) is 0 Å². The molecule has 31 heavy (non-hydrogen) atoms. The number of carbonyl (C=O) groups is 7. The molecule has 0 heterocycles. The zero-order valence-corrected chi connectivity index (χ0v) is 16.5. The second-order valence-corrected chi connectivity index (χ2v) is 6.50. The second-order valence-electron chi connectivity index (χ2n) is 6.50. The molecule has 0 aliphatic heterocycles. The molecule has 0 saturated heterocycles. The molecule has 174 valence electrons. The molecule has 10 N–H and O–H groups in total. The van der Waals surface area contributed by atoms with Crippen LogP contribution >= 0.6 is 0 Å². The quantitative estimate of drug-likeness (QED) is 0.127. The predicted octanol–water partition coefficient (Wildman–Crippen LogP) is -3.91. The van der Waals surface area contributed by atoms with Crippen molar-refractivity contribution in [2.24, 2.45) is 11.5 Å². The van der Waals surface area contributed by atoms with Crippen molar-refractivity contribution in [3.05, 3.63) is 0 Å².